The zero-order chi connectivity index (χ0) is 52.7. The van der Waals surface area contributed by atoms with E-state index in [1.165, 1.54) is 19.0 Å². The summed E-state index contributed by atoms with van der Waals surface area (Å²) in [7, 11) is -7.92. The molecule has 4 aromatic rings. The molecule has 28 heteroatoms. The highest BCUT2D eigenvalue weighted by Gasteiger charge is 2.43. The number of nitrogens with one attached hydrogen (secondary N) is 2. The van der Waals surface area contributed by atoms with E-state index in [0.29, 0.717) is 47.9 Å². The summed E-state index contributed by atoms with van der Waals surface area (Å²) in [6.45, 7) is 26.2. The van der Waals surface area contributed by atoms with Crippen LogP contribution < -0.4 is 27.8 Å². The number of nitrogens with zero attached hydrogens (tertiary/aromatic N) is 8. The predicted molar refractivity (Wildman–Crippen MR) is 267 cm³/mol. The van der Waals surface area contributed by atoms with Crippen molar-refractivity contribution in [3.05, 3.63) is 25.3 Å². The number of aromatic nitrogens is 8. The van der Waals surface area contributed by atoms with Crippen molar-refractivity contribution in [3.63, 3.8) is 0 Å². The average Bonchev–Trinajstić information content (AvgIpc) is 3.84. The van der Waals surface area contributed by atoms with Gasteiger partial charge in [0.2, 0.25) is 7.44 Å². The van der Waals surface area contributed by atoms with E-state index in [0.717, 1.165) is 0 Å². The molecule has 0 aliphatic carbocycles. The van der Waals surface area contributed by atoms with Crippen LogP contribution in [0.15, 0.2) is 25.3 Å². The van der Waals surface area contributed by atoms with E-state index in [-0.39, 0.29) is 55.2 Å². The summed E-state index contributed by atoms with van der Waals surface area (Å²) in [6, 6.07) is 0. The summed E-state index contributed by atoms with van der Waals surface area (Å²) in [5.74, 6) is -0.328. The van der Waals surface area contributed by atoms with Gasteiger partial charge >= 0.3 is 25.5 Å². The van der Waals surface area contributed by atoms with Gasteiger partial charge in [0.1, 0.15) is 52.3 Å². The molecule has 0 saturated heterocycles. The molecule has 0 aromatic carbocycles. The molecule has 11 N–H and O–H groups in total. The van der Waals surface area contributed by atoms with E-state index in [1.807, 2.05) is 41.5 Å². The second-order valence-electron chi connectivity index (χ2n) is 19.2. The number of nitrogen functional groups attached to an aromatic ring is 2. The smallest absolute Gasteiger partial charge is 0.350 e. The second-order valence-corrected chi connectivity index (χ2v) is 23.9. The van der Waals surface area contributed by atoms with Crippen LogP contribution in [0.2, 0.25) is 0 Å². The highest BCUT2D eigenvalue weighted by Crippen LogP contribution is 2.42. The van der Waals surface area contributed by atoms with Gasteiger partial charge in [0.05, 0.1) is 57.8 Å². The van der Waals surface area contributed by atoms with Crippen molar-refractivity contribution in [2.75, 3.05) is 44.0 Å². The first-order chi connectivity index (χ1) is 31.7. The van der Waals surface area contributed by atoms with Gasteiger partial charge < -0.3 is 60.2 Å². The topological polar surface area (TPSA) is 370 Å². The third-order valence-electron chi connectivity index (χ3n) is 8.90. The number of alkyl halides is 1. The van der Waals surface area contributed by atoms with Crippen LogP contribution in [0.3, 0.4) is 0 Å². The van der Waals surface area contributed by atoms with Crippen LogP contribution in [0.5, 0.6) is 0 Å². The largest absolute Gasteiger partial charge is 0.464 e. The number of carbonyl (C=O) groups excluding carboxylic acids is 3. The fourth-order valence-electron chi connectivity index (χ4n) is 5.53. The number of carbonyl (C=O) groups is 3. The summed E-state index contributed by atoms with van der Waals surface area (Å²) < 4.78 is 55.2. The lowest BCUT2D eigenvalue weighted by atomic mass is 10.1. The Kier molecular flexibility index (Phi) is 24.9. The number of halogens is 1. The Balaban J connectivity index is 0.000000648. The van der Waals surface area contributed by atoms with E-state index in [4.69, 9.17) is 56.5 Å². The van der Waals surface area contributed by atoms with Gasteiger partial charge in [0.25, 0.3) is 0 Å². The van der Waals surface area contributed by atoms with E-state index in [1.54, 1.807) is 70.9 Å². The molecule has 4 rings (SSSR count). The van der Waals surface area contributed by atoms with Gasteiger partial charge in [-0.2, -0.15) is 0 Å². The van der Waals surface area contributed by atoms with Crippen LogP contribution in [0, 0.1) is 17.8 Å². The zero-order valence-electron chi connectivity index (χ0n) is 42.8. The lowest BCUT2D eigenvalue weighted by molar-refractivity contribution is -0.150. The molecule has 0 fully saturated rings. The average molecular weight is 1050 g/mol. The van der Waals surface area contributed by atoms with Gasteiger partial charge in [-0.05, 0) is 73.1 Å². The maximum Gasteiger partial charge on any atom is 0.350 e. The molecule has 70 heavy (non-hydrogen) atoms. The summed E-state index contributed by atoms with van der Waals surface area (Å²) in [6.07, 6.45) is 3.99. The SMILES string of the molecule is CC(C)COC(=O)C(C)(C)Cl.CC(C)COC(=O)C(C)(C)NP(=O)(CO[C@H](C)Cn1cnc2c(N)ncnc21)NC(C)(C)C(=O)OCC(C)C.C[C@H](Cn1cnc2c(N)ncnc21)OCP(=O)(O)O.N. The maximum atomic E-state index is 14.3. The Bertz CT molecular complexity index is 2340. The molecular weight excluding hydrogens is 976 g/mol. The van der Waals surface area contributed by atoms with Gasteiger partial charge in [0, 0.05) is 0 Å². The molecule has 2 atom stereocenters. The fourth-order valence-corrected chi connectivity index (χ4v) is 8.67. The summed E-state index contributed by atoms with van der Waals surface area (Å²) in [5, 5.41) is 5.80. The second kappa shape index (κ2) is 27.4. The van der Waals surface area contributed by atoms with Crippen molar-refractivity contribution in [2.45, 2.75) is 138 Å². The number of anilines is 2. The number of esters is 3. The molecule has 0 amide bonds. The van der Waals surface area contributed by atoms with Crippen molar-refractivity contribution in [2.24, 2.45) is 17.8 Å². The van der Waals surface area contributed by atoms with Crippen molar-refractivity contribution >= 4 is 78.5 Å². The first-order valence-corrected chi connectivity index (χ1v) is 26.2. The number of hydrogen-bond acceptors (Lipinski definition) is 19. The predicted octanol–water partition coefficient (Wildman–Crippen LogP) is 5.41. The van der Waals surface area contributed by atoms with Gasteiger partial charge in [-0.25, -0.2) is 40.1 Å². The molecule has 0 aliphatic heterocycles. The summed E-state index contributed by atoms with van der Waals surface area (Å²) in [5.41, 5.74) is 10.9. The van der Waals surface area contributed by atoms with Crippen LogP contribution >= 0.6 is 26.6 Å². The summed E-state index contributed by atoms with van der Waals surface area (Å²) >= 11 is 5.69. The Labute approximate surface area is 414 Å². The third kappa shape index (κ3) is 21.9. The van der Waals surface area contributed by atoms with Crippen LogP contribution in [-0.2, 0) is 60.3 Å². The van der Waals surface area contributed by atoms with E-state index in [2.05, 4.69) is 40.1 Å². The molecule has 4 aromatic heterocycles. The van der Waals surface area contributed by atoms with Gasteiger partial charge in [-0.3, -0.25) is 23.5 Å². The van der Waals surface area contributed by atoms with Crippen molar-refractivity contribution in [1.29, 1.82) is 0 Å². The minimum absolute atomic E-state index is 0. The molecule has 4 heterocycles. The summed E-state index contributed by atoms with van der Waals surface area (Å²) in [4.78, 5) is 77.6. The molecule has 398 valence electrons. The Morgan fingerprint density at radius 1 is 0.629 bits per heavy atom. The Morgan fingerprint density at radius 3 is 1.30 bits per heavy atom. The molecule has 25 nitrogen and oxygen atoms in total. The molecule has 0 unspecified atom stereocenters. The quantitative estimate of drug-likeness (QED) is 0.0211. The van der Waals surface area contributed by atoms with Crippen molar-refractivity contribution < 1.29 is 57.0 Å². The number of fused-ring (bicyclic) bond motifs is 2. The van der Waals surface area contributed by atoms with Crippen LogP contribution in [-0.4, -0.2) is 127 Å². The normalized spacial score (nSPS) is 13.3. The van der Waals surface area contributed by atoms with Gasteiger partial charge in [-0.15, -0.1) is 11.6 Å². The number of nitrogens with two attached hydrogens (primary N) is 2. The molecule has 0 bridgehead atoms. The fraction of sp³-hybridized carbons (Fsp3) is 0.690. The molecular formula is C42H76ClN13O12P2. The number of ether oxygens (including phenoxy) is 5. The highest BCUT2D eigenvalue weighted by molar-refractivity contribution is 7.59. The lowest BCUT2D eigenvalue weighted by Gasteiger charge is -2.35. The molecule has 0 radical (unpaired) electrons. The van der Waals surface area contributed by atoms with Crippen LogP contribution in [0.1, 0.15) is 96.9 Å². The van der Waals surface area contributed by atoms with Crippen LogP contribution in [0.4, 0.5) is 11.6 Å². The lowest BCUT2D eigenvalue weighted by Crippen LogP contribution is -2.54. The molecule has 0 aliphatic rings. The first kappa shape index (κ1) is 63.6. The first-order valence-electron chi connectivity index (χ1n) is 22.1. The van der Waals surface area contributed by atoms with Gasteiger partial charge in [-0.1, -0.05) is 41.5 Å². The van der Waals surface area contributed by atoms with E-state index in [9.17, 15) is 23.5 Å². The number of imidazole rings is 2. The van der Waals surface area contributed by atoms with E-state index < -0.39 is 61.5 Å². The monoisotopic (exact) mass is 1050 g/mol. The third-order valence-corrected chi connectivity index (χ3v) is 11.9. The van der Waals surface area contributed by atoms with Crippen molar-refractivity contribution in [3.8, 4) is 0 Å². The molecule has 0 saturated carbocycles. The van der Waals surface area contributed by atoms with Gasteiger partial charge in [0.15, 0.2) is 22.9 Å². The maximum absolute atomic E-state index is 14.3. The molecule has 0 spiro atoms. The highest BCUT2D eigenvalue weighted by atomic mass is 35.5. The Hall–Kier alpha value is -4.42. The standard InChI is InChI=1S/C25H44N7O6P.C9H14N5O4P.C8H15ClO2.H3N/c1-16(2)11-36-22(33)24(6,7)30-39(35,31-25(8,9)23(34)37-12-17(3)4)15-38-18(5)10-32-14-29-19-20(26)27-13-28-21(19)32;1-6(18-5-19(15,16)17)2-14-4-13-7-8(10)11-3-12-9(7)14;1-6(2)5-11-7(10)8(3,4)9;/h13-14,16-18H,10-12,15H2,1-9H3,(H2,26,27,28)(H2,30,31,35);3-4,6H,2,5H2,1H3,(H2,10,11,12)(H2,15,16,17);6H,5H2,1-4H3;1H3/t18-;6-;;/m11../s1. The van der Waals surface area contributed by atoms with E-state index >= 15 is 0 Å². The minimum Gasteiger partial charge on any atom is -0.464 e. The zero-order valence-corrected chi connectivity index (χ0v) is 45.4. The van der Waals surface area contributed by atoms with Crippen molar-refractivity contribution in [1.82, 2.24) is 55.4 Å². The number of rotatable bonds is 23. The Morgan fingerprint density at radius 2 is 0.971 bits per heavy atom. The minimum atomic E-state index is -4.16. The number of hydrogen-bond donors (Lipinski definition) is 7. The van der Waals surface area contributed by atoms with Crippen LogP contribution in [0.25, 0.3) is 22.3 Å².